The number of carbonyl (C=O) groups is 3. The summed E-state index contributed by atoms with van der Waals surface area (Å²) >= 11 is 6.09. The minimum atomic E-state index is -0.196. The molecule has 0 saturated carbocycles. The predicted molar refractivity (Wildman–Crippen MR) is 128 cm³/mol. The Morgan fingerprint density at radius 1 is 0.914 bits per heavy atom. The van der Waals surface area contributed by atoms with Crippen LogP contribution in [0.1, 0.15) is 55.0 Å². The van der Waals surface area contributed by atoms with E-state index < -0.39 is 0 Å². The Morgan fingerprint density at radius 2 is 1.63 bits per heavy atom. The first-order valence-corrected chi connectivity index (χ1v) is 10.8. The number of rotatable bonds is 3. The van der Waals surface area contributed by atoms with Gasteiger partial charge in [-0.1, -0.05) is 29.8 Å². The van der Waals surface area contributed by atoms with Gasteiger partial charge < -0.3 is 21.2 Å². The van der Waals surface area contributed by atoms with Crippen LogP contribution in [0.4, 0.5) is 11.4 Å². The first-order valence-electron chi connectivity index (χ1n) is 10.5. The molecule has 7 nitrogen and oxygen atoms in total. The second-order valence-corrected chi connectivity index (χ2v) is 8.38. The maximum Gasteiger partial charge on any atom is 0.258 e. The van der Waals surface area contributed by atoms with Gasteiger partial charge >= 0.3 is 0 Å². The van der Waals surface area contributed by atoms with Crippen molar-refractivity contribution in [2.75, 3.05) is 16.8 Å². The molecule has 2 amide bonds. The first-order chi connectivity index (χ1) is 15.3. The summed E-state index contributed by atoms with van der Waals surface area (Å²) in [5.41, 5.74) is 4.43. The van der Waals surface area contributed by atoms with Crippen molar-refractivity contribution in [2.45, 2.75) is 26.7 Å². The van der Waals surface area contributed by atoms with Gasteiger partial charge in [-0.05, 0) is 73.9 Å². The second kappa shape index (κ2) is 12.6. The molecule has 1 radical (unpaired) electrons. The molecule has 0 aromatic heterocycles. The number of benzene rings is 3. The van der Waals surface area contributed by atoms with Crippen molar-refractivity contribution in [2.24, 2.45) is 0 Å². The van der Waals surface area contributed by atoms with E-state index in [9.17, 15) is 14.4 Å². The van der Waals surface area contributed by atoms with Crippen LogP contribution in [0.25, 0.3) is 0 Å². The minimum Gasteiger partial charge on any atom is -2.00 e. The third kappa shape index (κ3) is 6.36. The molecule has 0 atom stereocenters. The molecule has 1 N–H and O–H groups in total. The van der Waals surface area contributed by atoms with E-state index in [2.05, 4.69) is 5.32 Å². The van der Waals surface area contributed by atoms with Crippen LogP contribution in [0.5, 0.6) is 0 Å². The molecule has 1 aliphatic heterocycles. The van der Waals surface area contributed by atoms with Gasteiger partial charge in [0, 0.05) is 57.4 Å². The number of hydrogen-bond acceptors (Lipinski definition) is 3. The number of nitrogens with zero attached hydrogens (tertiary/aromatic N) is 1. The van der Waals surface area contributed by atoms with Gasteiger partial charge in [-0.2, -0.15) is 0 Å². The number of aryl methyl sites for hydroxylation is 2. The average molecular weight is 534 g/mol. The Hall–Kier alpha value is -3.00. The topological polar surface area (TPSA) is 123 Å². The zero-order valence-corrected chi connectivity index (χ0v) is 21.1. The van der Waals surface area contributed by atoms with Gasteiger partial charge in [0.1, 0.15) is 0 Å². The smallest absolute Gasteiger partial charge is 0.258 e. The number of nitrogens with one attached hydrogen (secondary N) is 1. The second-order valence-electron chi connectivity index (χ2n) is 7.94. The third-order valence-electron chi connectivity index (χ3n) is 5.68. The number of halogens is 1. The summed E-state index contributed by atoms with van der Waals surface area (Å²) in [5, 5.41) is 3.37. The molecule has 0 bridgehead atoms. The number of hydrogen-bond donors (Lipinski definition) is 1. The van der Waals surface area contributed by atoms with E-state index in [-0.39, 0.29) is 45.6 Å². The van der Waals surface area contributed by atoms with E-state index in [1.54, 1.807) is 47.4 Å². The average Bonchev–Trinajstić information content (AvgIpc) is 2.92. The van der Waals surface area contributed by atoms with E-state index in [1.165, 1.54) is 0 Å². The van der Waals surface area contributed by atoms with Crippen molar-refractivity contribution in [3.63, 3.8) is 0 Å². The van der Waals surface area contributed by atoms with Crippen LogP contribution in [-0.2, 0) is 28.0 Å². The molecular weight excluding hydrogens is 511 g/mol. The molecule has 3 aromatic rings. The first kappa shape index (κ1) is 30.0. The van der Waals surface area contributed by atoms with Crippen LogP contribution >= 0.6 is 11.6 Å². The van der Waals surface area contributed by atoms with E-state index >= 15 is 0 Å². The quantitative estimate of drug-likeness (QED) is 0.441. The molecule has 0 saturated heterocycles. The van der Waals surface area contributed by atoms with Gasteiger partial charge in [-0.3, -0.25) is 14.4 Å². The molecule has 9 heteroatoms. The van der Waals surface area contributed by atoms with Crippen molar-refractivity contribution in [1.82, 2.24) is 0 Å². The number of ketones is 1. The fourth-order valence-electron chi connectivity index (χ4n) is 3.98. The van der Waals surface area contributed by atoms with Crippen LogP contribution in [-0.4, -0.2) is 24.1 Å². The number of Topliss-reactive ketones (excluding diaryl/α,β-unsaturated/α-hetero) is 1. The molecule has 1 heterocycles. The summed E-state index contributed by atoms with van der Waals surface area (Å²) in [7, 11) is 0. The van der Waals surface area contributed by atoms with Crippen molar-refractivity contribution in [1.29, 1.82) is 0 Å². The van der Waals surface area contributed by atoms with Gasteiger partial charge in [-0.25, -0.2) is 0 Å². The van der Waals surface area contributed by atoms with Crippen molar-refractivity contribution in [3.8, 4) is 0 Å². The van der Waals surface area contributed by atoms with Crippen LogP contribution < -0.4 is 10.2 Å². The summed E-state index contributed by atoms with van der Waals surface area (Å²) in [6.45, 7) is 4.17. The zero-order chi connectivity index (χ0) is 22.8. The predicted octanol–water partition coefficient (Wildman–Crippen LogP) is 5.59. The standard InChI is InChI=1S/C26H23ClN2O3.Mn.2O/c1-16-6-3-4-7-20(16)25(31)28-19-10-11-21(17(2)14-19)26(32)29-13-5-8-24(30)22-15-18(27)9-12-23(22)29;;;/h3-4,6-7,9-12,14-15H,5,8,13H2,1-2H3,(H,28,31);;;/q;;2*-2. The van der Waals surface area contributed by atoms with Crippen LogP contribution in [0, 0.1) is 13.8 Å². The Bertz CT molecular complexity index is 1250. The molecule has 35 heavy (non-hydrogen) atoms. The fraction of sp³-hybridized carbons (Fsp3) is 0.192. The van der Waals surface area contributed by atoms with E-state index in [1.807, 2.05) is 32.0 Å². The van der Waals surface area contributed by atoms with Crippen LogP contribution in [0.2, 0.25) is 5.02 Å². The summed E-state index contributed by atoms with van der Waals surface area (Å²) in [6.07, 6.45) is 0.959. The maximum absolute atomic E-state index is 13.4. The molecule has 0 fully saturated rings. The molecule has 1 aliphatic rings. The monoisotopic (exact) mass is 533 g/mol. The number of carbonyl (C=O) groups excluding carboxylic acids is 3. The van der Waals surface area contributed by atoms with Gasteiger partial charge in [0.15, 0.2) is 5.78 Å². The number of amides is 2. The van der Waals surface area contributed by atoms with E-state index in [0.717, 1.165) is 11.1 Å². The van der Waals surface area contributed by atoms with Gasteiger partial charge in [0.2, 0.25) is 0 Å². The summed E-state index contributed by atoms with van der Waals surface area (Å²) in [4.78, 5) is 40.2. The SMILES string of the molecule is Cc1ccccc1C(=O)Nc1ccc(C(=O)N2CCCC(=O)c3cc(Cl)ccc32)c(C)c1.[Mn].[O-2].[O-2]. The molecule has 3 aromatic carbocycles. The summed E-state index contributed by atoms with van der Waals surface area (Å²) in [6, 6.07) is 17.7. The van der Waals surface area contributed by atoms with Crippen LogP contribution in [0.15, 0.2) is 60.7 Å². The van der Waals surface area contributed by atoms with Gasteiger partial charge in [-0.15, -0.1) is 0 Å². The molecular formula is C26H23ClMnN2O5-4. The normalized spacial score (nSPS) is 12.2. The van der Waals surface area contributed by atoms with E-state index in [0.29, 0.717) is 52.5 Å². The Labute approximate surface area is 219 Å². The van der Waals surface area contributed by atoms with Crippen molar-refractivity contribution < 1.29 is 42.4 Å². The fourth-order valence-corrected chi connectivity index (χ4v) is 4.16. The molecule has 4 rings (SSSR count). The summed E-state index contributed by atoms with van der Waals surface area (Å²) in [5.74, 6) is -0.389. The van der Waals surface area contributed by atoms with Crippen molar-refractivity contribution in [3.05, 3.63) is 93.5 Å². The largest absolute Gasteiger partial charge is 2.00 e. The molecule has 0 aliphatic carbocycles. The molecule has 0 unspecified atom stereocenters. The maximum atomic E-state index is 13.4. The number of fused-ring (bicyclic) bond motifs is 1. The van der Waals surface area contributed by atoms with Gasteiger partial charge in [0.05, 0.1) is 5.69 Å². The summed E-state index contributed by atoms with van der Waals surface area (Å²) < 4.78 is 0. The van der Waals surface area contributed by atoms with Gasteiger partial charge in [0.25, 0.3) is 11.8 Å². The zero-order valence-electron chi connectivity index (χ0n) is 19.1. The Morgan fingerprint density at radius 3 is 2.31 bits per heavy atom. The number of anilines is 2. The molecule has 185 valence electrons. The molecule has 0 spiro atoms. The Kier molecular flexibility index (Phi) is 10.8. The third-order valence-corrected chi connectivity index (χ3v) is 5.92. The Balaban J connectivity index is 0.00000204. The van der Waals surface area contributed by atoms with Crippen LogP contribution in [0.3, 0.4) is 0 Å². The van der Waals surface area contributed by atoms with E-state index in [4.69, 9.17) is 11.6 Å². The van der Waals surface area contributed by atoms with Crippen molar-refractivity contribution >= 4 is 40.6 Å². The minimum absolute atomic E-state index is 0.